The second-order valence-corrected chi connectivity index (χ2v) is 19.3. The summed E-state index contributed by atoms with van der Waals surface area (Å²) in [5.74, 6) is 0. The molecule has 2 nitrogen and oxygen atoms in total. The molecule has 0 spiro atoms. The van der Waals surface area contributed by atoms with Gasteiger partial charge in [-0.25, -0.2) is 0 Å². The molecule has 0 heterocycles. The van der Waals surface area contributed by atoms with E-state index in [0.29, 0.717) is 6.61 Å². The molecule has 0 rings (SSSR count). The Balaban J connectivity index is 0. The van der Waals surface area contributed by atoms with Crippen LogP contribution in [0.15, 0.2) is 6.08 Å². The second kappa shape index (κ2) is 9.94. The summed E-state index contributed by atoms with van der Waals surface area (Å²) in [7, 11) is -3.50. The van der Waals surface area contributed by atoms with Gasteiger partial charge in [0.15, 0.2) is 16.6 Å². The van der Waals surface area contributed by atoms with Gasteiger partial charge in [0.1, 0.15) is 0 Å². The Morgan fingerprint density at radius 3 is 1.74 bits per heavy atom. The Morgan fingerprint density at radius 2 is 1.39 bits per heavy atom. The van der Waals surface area contributed by atoms with E-state index in [0.717, 1.165) is 6.42 Å². The molecule has 0 saturated carbocycles. The quantitative estimate of drug-likeness (QED) is 0.327. The van der Waals surface area contributed by atoms with Crippen LogP contribution in [0.2, 0.25) is 36.3 Å². The van der Waals surface area contributed by atoms with Gasteiger partial charge in [-0.05, 0) is 42.7 Å². The van der Waals surface area contributed by atoms with Crippen molar-refractivity contribution in [3.8, 4) is 0 Å². The van der Waals surface area contributed by atoms with E-state index in [4.69, 9.17) is 8.85 Å². The van der Waals surface area contributed by atoms with E-state index >= 15 is 0 Å². The molecule has 0 amide bonds. The van der Waals surface area contributed by atoms with Crippen molar-refractivity contribution < 1.29 is 27.7 Å². The van der Waals surface area contributed by atoms with Gasteiger partial charge in [0.05, 0.1) is 12.7 Å². The Labute approximate surface area is 173 Å². The summed E-state index contributed by atoms with van der Waals surface area (Å²) in [5.41, 5.74) is 0. The first kappa shape index (κ1) is 26.6. The maximum Gasteiger partial charge on any atom is 1.00 e. The summed E-state index contributed by atoms with van der Waals surface area (Å²) >= 11 is 2.15. The third-order valence-corrected chi connectivity index (χ3v) is 14.6. The van der Waals surface area contributed by atoms with E-state index in [2.05, 4.69) is 100 Å². The van der Waals surface area contributed by atoms with Gasteiger partial charge in [-0.3, -0.25) is 6.08 Å². The predicted molar refractivity (Wildman–Crippen MR) is 112 cm³/mol. The molecule has 0 fully saturated rings. The number of rotatable bonds is 7. The predicted octanol–water partition coefficient (Wildman–Crippen LogP) is 3.54. The van der Waals surface area contributed by atoms with Gasteiger partial charge in [-0.1, -0.05) is 41.5 Å². The summed E-state index contributed by atoms with van der Waals surface area (Å²) in [6, 6.07) is 0. The van der Waals surface area contributed by atoms with E-state index in [-0.39, 0.29) is 35.0 Å². The fourth-order valence-corrected chi connectivity index (χ4v) is 4.08. The number of halogens is 1. The van der Waals surface area contributed by atoms with Gasteiger partial charge in [0.2, 0.25) is 0 Å². The van der Waals surface area contributed by atoms with Crippen LogP contribution in [-0.4, -0.2) is 29.3 Å². The van der Waals surface area contributed by atoms with Crippen molar-refractivity contribution in [3.63, 3.8) is 0 Å². The SMILES string of the molecule is CC(C)(C)[Si](C)(C)OC[C@H](CC=[C-]I)O[Si](C)(C)C(C)(C)C.[Li+]. The molecule has 0 bridgehead atoms. The van der Waals surface area contributed by atoms with Gasteiger partial charge in [-0.2, -0.15) is 0 Å². The van der Waals surface area contributed by atoms with E-state index in [1.165, 1.54) is 0 Å². The molecule has 6 heteroatoms. The molecule has 132 valence electrons. The first-order chi connectivity index (χ1) is 9.64. The zero-order chi connectivity index (χ0) is 17.8. The van der Waals surface area contributed by atoms with Crippen molar-refractivity contribution in [3.05, 3.63) is 10.2 Å². The minimum absolute atomic E-state index is 0. The van der Waals surface area contributed by atoms with Crippen LogP contribution in [0.5, 0.6) is 0 Å². The first-order valence-corrected chi connectivity index (χ1v) is 15.0. The average Bonchev–Trinajstić information content (AvgIpc) is 2.29. The number of hydrogen-bond donors (Lipinski definition) is 0. The molecule has 0 N–H and O–H groups in total. The first-order valence-electron chi connectivity index (χ1n) is 8.14. The molecule has 0 aliphatic rings. The van der Waals surface area contributed by atoms with Crippen molar-refractivity contribution in [1.82, 2.24) is 0 Å². The van der Waals surface area contributed by atoms with E-state index in [1.54, 1.807) is 0 Å². The average molecular weight is 462 g/mol. The normalized spacial score (nSPS) is 15.6. The van der Waals surface area contributed by atoms with Gasteiger partial charge < -0.3 is 35.5 Å². The van der Waals surface area contributed by atoms with Crippen LogP contribution in [0.1, 0.15) is 48.0 Å². The van der Waals surface area contributed by atoms with Crippen LogP contribution in [0.3, 0.4) is 0 Å². The Kier molecular flexibility index (Phi) is 11.5. The van der Waals surface area contributed by atoms with Gasteiger partial charge in [-0.15, -0.1) is 0 Å². The standard InChI is InChI=1S/C17H36IO2Si2.Li/c1-16(2,3)21(7,8)19-14-15(12-11-13-18)20-22(9,10)17(4,5)6;/h11,15H,12,14H2,1-10H3;/q-1;+1/t15-;/m0./s1. The maximum atomic E-state index is 6.57. The van der Waals surface area contributed by atoms with E-state index < -0.39 is 16.6 Å². The molecule has 0 saturated heterocycles. The molecular weight excluding hydrogens is 426 g/mol. The third-order valence-electron chi connectivity index (χ3n) is 5.16. The molecule has 1 atom stereocenters. The molecule has 0 radical (unpaired) electrons. The molecule has 0 aromatic carbocycles. The van der Waals surface area contributed by atoms with Crippen LogP contribution in [0.25, 0.3) is 0 Å². The summed E-state index contributed by atoms with van der Waals surface area (Å²) in [5, 5.41) is 0.458. The third kappa shape index (κ3) is 9.07. The Hall–Kier alpha value is 1.42. The molecule has 0 unspecified atom stereocenters. The van der Waals surface area contributed by atoms with Crippen LogP contribution < -0.4 is 18.9 Å². The fourth-order valence-electron chi connectivity index (χ4n) is 1.44. The maximum absolute atomic E-state index is 6.57. The minimum Gasteiger partial charge on any atom is -0.430 e. The monoisotopic (exact) mass is 462 g/mol. The van der Waals surface area contributed by atoms with Gasteiger partial charge >= 0.3 is 18.9 Å². The zero-order valence-corrected chi connectivity index (χ0v) is 21.4. The Morgan fingerprint density at radius 1 is 0.957 bits per heavy atom. The molecule has 0 aromatic rings. The summed E-state index contributed by atoms with van der Waals surface area (Å²) in [4.78, 5) is 0. The number of hydrogen-bond acceptors (Lipinski definition) is 2. The smallest absolute Gasteiger partial charge is 0.430 e. The zero-order valence-electron chi connectivity index (χ0n) is 17.3. The molecular formula is C17H36ILiO2Si2. The van der Waals surface area contributed by atoms with Crippen molar-refractivity contribution >= 4 is 39.2 Å². The van der Waals surface area contributed by atoms with Crippen LogP contribution in [0.4, 0.5) is 0 Å². The van der Waals surface area contributed by atoms with Crippen molar-refractivity contribution in [2.75, 3.05) is 6.61 Å². The van der Waals surface area contributed by atoms with Crippen LogP contribution >= 0.6 is 22.6 Å². The van der Waals surface area contributed by atoms with Gasteiger partial charge in [0, 0.05) is 0 Å². The van der Waals surface area contributed by atoms with E-state index in [9.17, 15) is 0 Å². The Bertz CT molecular complexity index is 372. The van der Waals surface area contributed by atoms with Crippen LogP contribution in [0, 0.1) is 4.08 Å². The van der Waals surface area contributed by atoms with Crippen molar-refractivity contribution in [1.29, 1.82) is 0 Å². The summed E-state index contributed by atoms with van der Waals surface area (Å²) < 4.78 is 16.1. The molecule has 0 aliphatic carbocycles. The van der Waals surface area contributed by atoms with Crippen molar-refractivity contribution in [2.45, 2.75) is 90.3 Å². The fraction of sp³-hybridized carbons (Fsp3) is 0.882. The molecule has 0 aliphatic heterocycles. The van der Waals surface area contributed by atoms with E-state index in [1.807, 2.05) is 0 Å². The minimum atomic E-state index is -1.77. The summed E-state index contributed by atoms with van der Waals surface area (Å²) in [6.45, 7) is 23.6. The topological polar surface area (TPSA) is 18.5 Å². The largest absolute Gasteiger partial charge is 1.00 e. The van der Waals surface area contributed by atoms with Gasteiger partial charge in [0.25, 0.3) is 0 Å². The molecule has 0 aromatic heterocycles. The molecule has 23 heavy (non-hydrogen) atoms. The van der Waals surface area contributed by atoms with Crippen molar-refractivity contribution in [2.24, 2.45) is 0 Å². The summed E-state index contributed by atoms with van der Waals surface area (Å²) in [6.07, 6.45) is 3.08. The van der Waals surface area contributed by atoms with Crippen LogP contribution in [-0.2, 0) is 8.85 Å². The second-order valence-electron chi connectivity index (χ2n) is 9.12.